The molecule has 3 N–H and O–H groups in total. The molecular formula is C17H17F3N4O5. The fourth-order valence-corrected chi connectivity index (χ4v) is 3.16. The molecule has 0 spiro atoms. The van der Waals surface area contributed by atoms with Gasteiger partial charge in [0.1, 0.15) is 17.1 Å². The zero-order chi connectivity index (χ0) is 21.6. The van der Waals surface area contributed by atoms with Gasteiger partial charge in [-0.1, -0.05) is 13.8 Å². The molecule has 0 unspecified atom stereocenters. The Balaban J connectivity index is 2.22. The third-order valence-corrected chi connectivity index (χ3v) is 4.39. The number of alkyl halides is 3. The predicted molar refractivity (Wildman–Crippen MR) is 93.1 cm³/mol. The van der Waals surface area contributed by atoms with Crippen molar-refractivity contribution in [2.24, 2.45) is 5.92 Å². The second kappa shape index (κ2) is 6.94. The van der Waals surface area contributed by atoms with Gasteiger partial charge in [0, 0.05) is 6.42 Å². The van der Waals surface area contributed by atoms with Gasteiger partial charge in [-0.05, 0) is 18.1 Å². The average molecular weight is 414 g/mol. The van der Waals surface area contributed by atoms with Crippen molar-refractivity contribution in [1.82, 2.24) is 14.9 Å². The summed E-state index contributed by atoms with van der Waals surface area (Å²) in [4.78, 5) is 51.0. The highest BCUT2D eigenvalue weighted by atomic mass is 19.4. The summed E-state index contributed by atoms with van der Waals surface area (Å²) in [5, 5.41) is 3.63. The van der Waals surface area contributed by atoms with Gasteiger partial charge in [-0.25, -0.2) is 4.79 Å². The van der Waals surface area contributed by atoms with E-state index < -0.39 is 46.2 Å². The van der Waals surface area contributed by atoms with Crippen molar-refractivity contribution >= 4 is 17.6 Å². The lowest BCUT2D eigenvalue weighted by molar-refractivity contribution is -0.200. The molecule has 0 saturated carbocycles. The number of fused-ring (bicyclic) bond motifs is 1. The van der Waals surface area contributed by atoms with Crippen molar-refractivity contribution in [1.29, 1.82) is 0 Å². The van der Waals surface area contributed by atoms with Crippen LogP contribution >= 0.6 is 0 Å². The molecule has 1 aliphatic rings. The molecule has 2 amide bonds. The molecule has 0 aromatic carbocycles. The summed E-state index contributed by atoms with van der Waals surface area (Å²) in [6.45, 7) is 2.87. The molecule has 2 aromatic rings. The highest BCUT2D eigenvalue weighted by Gasteiger charge is 2.68. The Morgan fingerprint density at radius 3 is 2.55 bits per heavy atom. The molecule has 0 aliphatic carbocycles. The van der Waals surface area contributed by atoms with Crippen LogP contribution in [0.5, 0.6) is 0 Å². The Morgan fingerprint density at radius 1 is 1.31 bits per heavy atom. The monoisotopic (exact) mass is 414 g/mol. The normalized spacial score (nSPS) is 18.6. The number of furan rings is 1. The number of carbonyl (C=O) groups is 2. The molecule has 12 heteroatoms. The first-order valence-corrected chi connectivity index (χ1v) is 8.56. The number of carbonyl (C=O) groups excluding carboxylic acids is 2. The van der Waals surface area contributed by atoms with Gasteiger partial charge in [-0.3, -0.25) is 23.9 Å². The van der Waals surface area contributed by atoms with Crippen molar-refractivity contribution in [2.45, 2.75) is 38.5 Å². The average Bonchev–Trinajstić information content (AvgIpc) is 3.17. The van der Waals surface area contributed by atoms with Gasteiger partial charge >= 0.3 is 11.9 Å². The van der Waals surface area contributed by atoms with Gasteiger partial charge in [0.15, 0.2) is 0 Å². The third-order valence-electron chi connectivity index (χ3n) is 4.39. The van der Waals surface area contributed by atoms with E-state index in [9.17, 15) is 32.3 Å². The number of amides is 2. The summed E-state index contributed by atoms with van der Waals surface area (Å²) in [6.07, 6.45) is -4.36. The maximum absolute atomic E-state index is 14.1. The number of hydrogen-bond acceptors (Lipinski definition) is 5. The summed E-state index contributed by atoms with van der Waals surface area (Å²) in [5.74, 6) is -3.49. The summed E-state index contributed by atoms with van der Waals surface area (Å²) >= 11 is 0. The molecule has 1 aliphatic heterocycles. The molecular weight excluding hydrogens is 397 g/mol. The van der Waals surface area contributed by atoms with E-state index in [0.717, 1.165) is 4.57 Å². The first kappa shape index (κ1) is 20.4. The first-order chi connectivity index (χ1) is 13.5. The lowest BCUT2D eigenvalue weighted by Gasteiger charge is -2.30. The second-order valence-electron chi connectivity index (χ2n) is 7.00. The minimum Gasteiger partial charge on any atom is -0.467 e. The molecule has 9 nitrogen and oxygen atoms in total. The SMILES string of the molecule is CC(C)CC(=O)N[C@@]1(C(F)(F)F)C(=O)Nc2c1c(=O)[nH]c(=O)n2Cc1ccco1. The molecule has 0 radical (unpaired) electrons. The largest absolute Gasteiger partial charge is 0.467 e. The Hall–Kier alpha value is -3.31. The smallest absolute Gasteiger partial charge is 0.425 e. The molecule has 29 heavy (non-hydrogen) atoms. The number of H-pyrrole nitrogens is 1. The van der Waals surface area contributed by atoms with Crippen molar-refractivity contribution in [3.05, 3.63) is 50.6 Å². The minimum absolute atomic E-state index is 0.198. The molecule has 2 aromatic heterocycles. The zero-order valence-electron chi connectivity index (χ0n) is 15.3. The number of nitrogens with zero attached hydrogens (tertiary/aromatic N) is 1. The predicted octanol–water partition coefficient (Wildman–Crippen LogP) is 1.05. The summed E-state index contributed by atoms with van der Waals surface area (Å²) in [5.41, 5.74) is -7.20. The van der Waals surface area contributed by atoms with Crippen LogP contribution in [-0.2, 0) is 21.7 Å². The standard InChI is InChI=1S/C17H17F3N4O5/c1-8(2)6-10(25)23-16(17(18,19)20)11-12(21-14(16)27)24(15(28)22-13(11)26)7-9-4-3-5-29-9/h3-5,8H,6-7H2,1-2H3,(H,21,27)(H,23,25)(H,22,26,28)/t16-/m1/s1. The van der Waals surface area contributed by atoms with Crippen molar-refractivity contribution < 1.29 is 27.2 Å². The van der Waals surface area contributed by atoms with Gasteiger partial charge in [0.2, 0.25) is 11.4 Å². The number of nitrogens with one attached hydrogen (secondary N) is 3. The maximum Gasteiger partial charge on any atom is 0.425 e. The van der Waals surface area contributed by atoms with Crippen molar-refractivity contribution in [3.8, 4) is 0 Å². The third kappa shape index (κ3) is 3.34. The lowest BCUT2D eigenvalue weighted by Crippen LogP contribution is -2.62. The van der Waals surface area contributed by atoms with Gasteiger partial charge in [-0.2, -0.15) is 13.2 Å². The van der Waals surface area contributed by atoms with Crippen LogP contribution in [0, 0.1) is 5.92 Å². The van der Waals surface area contributed by atoms with Crippen LogP contribution in [0.2, 0.25) is 0 Å². The van der Waals surface area contributed by atoms with Crippen LogP contribution in [0.15, 0.2) is 32.4 Å². The van der Waals surface area contributed by atoms with Gasteiger partial charge in [-0.15, -0.1) is 0 Å². The second-order valence-corrected chi connectivity index (χ2v) is 7.00. The van der Waals surface area contributed by atoms with Crippen LogP contribution < -0.4 is 21.9 Å². The number of hydrogen-bond donors (Lipinski definition) is 3. The maximum atomic E-state index is 14.1. The Bertz CT molecular complexity index is 1070. The van der Waals surface area contributed by atoms with Gasteiger partial charge < -0.3 is 15.1 Å². The van der Waals surface area contributed by atoms with E-state index in [1.54, 1.807) is 24.1 Å². The number of rotatable bonds is 5. The first-order valence-electron chi connectivity index (χ1n) is 8.56. The Kier molecular flexibility index (Phi) is 4.89. The zero-order valence-corrected chi connectivity index (χ0v) is 15.3. The number of anilines is 1. The number of aromatic amines is 1. The number of halogens is 3. The Morgan fingerprint density at radius 2 is 2.00 bits per heavy atom. The Labute approximate surface area is 160 Å². The highest BCUT2D eigenvalue weighted by molar-refractivity contribution is 6.07. The van der Waals surface area contributed by atoms with Crippen LogP contribution in [-0.4, -0.2) is 27.5 Å². The number of aromatic nitrogens is 2. The fourth-order valence-electron chi connectivity index (χ4n) is 3.16. The highest BCUT2D eigenvalue weighted by Crippen LogP contribution is 2.45. The molecule has 0 saturated heterocycles. The quantitative estimate of drug-likeness (QED) is 0.674. The van der Waals surface area contributed by atoms with E-state index in [1.807, 2.05) is 5.32 Å². The lowest BCUT2D eigenvalue weighted by atomic mass is 9.91. The van der Waals surface area contributed by atoms with Crippen molar-refractivity contribution in [2.75, 3.05) is 5.32 Å². The summed E-state index contributed by atoms with van der Waals surface area (Å²) < 4.78 is 48.1. The molecule has 0 fully saturated rings. The molecule has 156 valence electrons. The van der Waals surface area contributed by atoms with E-state index in [-0.39, 0.29) is 24.6 Å². The van der Waals surface area contributed by atoms with Crippen LogP contribution in [0.1, 0.15) is 31.6 Å². The fraction of sp³-hybridized carbons (Fsp3) is 0.412. The van der Waals surface area contributed by atoms with Crippen LogP contribution in [0.3, 0.4) is 0 Å². The van der Waals surface area contributed by atoms with E-state index in [2.05, 4.69) is 0 Å². The van der Waals surface area contributed by atoms with E-state index in [1.165, 1.54) is 18.4 Å². The van der Waals surface area contributed by atoms with Crippen molar-refractivity contribution in [3.63, 3.8) is 0 Å². The molecule has 1 atom stereocenters. The minimum atomic E-state index is -5.35. The van der Waals surface area contributed by atoms with Gasteiger partial charge in [0.25, 0.3) is 11.5 Å². The topological polar surface area (TPSA) is 126 Å². The van der Waals surface area contributed by atoms with E-state index >= 15 is 0 Å². The van der Waals surface area contributed by atoms with E-state index in [4.69, 9.17) is 4.42 Å². The molecule has 3 rings (SSSR count). The molecule has 3 heterocycles. The van der Waals surface area contributed by atoms with Gasteiger partial charge in [0.05, 0.1) is 12.8 Å². The molecule has 0 bridgehead atoms. The van der Waals surface area contributed by atoms with E-state index in [0.29, 0.717) is 0 Å². The summed E-state index contributed by atoms with van der Waals surface area (Å²) in [7, 11) is 0. The van der Waals surface area contributed by atoms with Crippen LogP contribution in [0.25, 0.3) is 0 Å². The summed E-state index contributed by atoms with van der Waals surface area (Å²) in [6, 6.07) is 2.96. The van der Waals surface area contributed by atoms with Crippen LogP contribution in [0.4, 0.5) is 19.0 Å².